The van der Waals surface area contributed by atoms with Crippen LogP contribution in [-0.4, -0.2) is 49.0 Å². The standard InChI is InChI=1S/C9H16N4O/c1-3-10-8-11-7(14)9(12-8)4-5-13(2)6-9/h3-6H2,1-2H3,(H2,10,11,12,14). The fourth-order valence-electron chi connectivity index (χ4n) is 2.07. The maximum Gasteiger partial charge on any atom is 0.253 e. The van der Waals surface area contributed by atoms with E-state index in [1.807, 2.05) is 14.0 Å². The van der Waals surface area contributed by atoms with E-state index in [2.05, 4.69) is 20.5 Å². The van der Waals surface area contributed by atoms with Crippen LogP contribution in [0.5, 0.6) is 0 Å². The second kappa shape index (κ2) is 3.24. The molecule has 5 heteroatoms. The van der Waals surface area contributed by atoms with Crippen LogP contribution in [0.25, 0.3) is 0 Å². The molecule has 1 amide bonds. The fourth-order valence-corrected chi connectivity index (χ4v) is 2.07. The summed E-state index contributed by atoms with van der Waals surface area (Å²) in [4.78, 5) is 18.1. The smallest absolute Gasteiger partial charge is 0.253 e. The number of guanidine groups is 1. The summed E-state index contributed by atoms with van der Waals surface area (Å²) in [6.07, 6.45) is 0.859. The Morgan fingerprint density at radius 1 is 1.64 bits per heavy atom. The number of amides is 1. The first-order valence-electron chi connectivity index (χ1n) is 4.99. The highest BCUT2D eigenvalue weighted by Crippen LogP contribution is 2.23. The molecule has 2 heterocycles. The Balaban J connectivity index is 2.15. The van der Waals surface area contributed by atoms with E-state index in [4.69, 9.17) is 0 Å². The Bertz CT molecular complexity index is 289. The van der Waals surface area contributed by atoms with Crippen molar-refractivity contribution >= 4 is 11.9 Å². The molecule has 5 nitrogen and oxygen atoms in total. The molecular formula is C9H16N4O. The quantitative estimate of drug-likeness (QED) is 0.575. The van der Waals surface area contributed by atoms with Crippen molar-refractivity contribution in [1.82, 2.24) is 15.5 Å². The van der Waals surface area contributed by atoms with E-state index in [1.165, 1.54) is 0 Å². The zero-order chi connectivity index (χ0) is 10.2. The first-order chi connectivity index (χ1) is 6.66. The van der Waals surface area contributed by atoms with Gasteiger partial charge < -0.3 is 10.2 Å². The van der Waals surface area contributed by atoms with Gasteiger partial charge in [-0.1, -0.05) is 0 Å². The molecule has 0 saturated carbocycles. The van der Waals surface area contributed by atoms with E-state index in [0.29, 0.717) is 12.5 Å². The molecule has 0 radical (unpaired) electrons. The van der Waals surface area contributed by atoms with Crippen molar-refractivity contribution < 1.29 is 4.79 Å². The van der Waals surface area contributed by atoms with Gasteiger partial charge in [-0.15, -0.1) is 0 Å². The topological polar surface area (TPSA) is 56.7 Å². The lowest BCUT2D eigenvalue weighted by atomic mass is 10.00. The molecule has 0 aromatic rings. The highest BCUT2D eigenvalue weighted by Gasteiger charge is 2.48. The predicted octanol–water partition coefficient (Wildman–Crippen LogP) is -0.844. The molecule has 2 aliphatic rings. The van der Waals surface area contributed by atoms with E-state index < -0.39 is 5.54 Å². The number of likely N-dealkylation sites (N-methyl/N-ethyl adjacent to an activating group) is 1. The molecule has 14 heavy (non-hydrogen) atoms. The minimum atomic E-state index is -0.414. The second-order valence-electron chi connectivity index (χ2n) is 3.97. The van der Waals surface area contributed by atoms with Crippen LogP contribution in [0.15, 0.2) is 4.99 Å². The number of nitrogens with one attached hydrogen (secondary N) is 2. The number of aliphatic imine (C=N–C) groups is 1. The number of carbonyl (C=O) groups is 1. The number of nitrogens with zero attached hydrogens (tertiary/aromatic N) is 2. The summed E-state index contributed by atoms with van der Waals surface area (Å²) in [5.74, 6) is 0.696. The zero-order valence-electron chi connectivity index (χ0n) is 8.63. The van der Waals surface area contributed by atoms with Gasteiger partial charge in [-0.3, -0.25) is 15.1 Å². The Kier molecular flexibility index (Phi) is 2.19. The van der Waals surface area contributed by atoms with Gasteiger partial charge in [0, 0.05) is 19.6 Å². The number of rotatable bonds is 1. The Morgan fingerprint density at radius 3 is 3.00 bits per heavy atom. The molecular weight excluding hydrogens is 180 g/mol. The number of likely N-dealkylation sites (tertiary alicyclic amines) is 1. The fraction of sp³-hybridized carbons (Fsp3) is 0.778. The Labute approximate surface area is 83.6 Å². The van der Waals surface area contributed by atoms with Crippen LogP contribution in [0, 0.1) is 0 Å². The maximum atomic E-state index is 11.7. The van der Waals surface area contributed by atoms with Gasteiger partial charge in [0.05, 0.1) is 0 Å². The van der Waals surface area contributed by atoms with Gasteiger partial charge in [0.25, 0.3) is 5.91 Å². The lowest BCUT2D eigenvalue weighted by Gasteiger charge is -2.19. The maximum absolute atomic E-state index is 11.7. The zero-order valence-corrected chi connectivity index (χ0v) is 8.63. The average Bonchev–Trinajstić information content (AvgIpc) is 2.61. The summed E-state index contributed by atoms with van der Waals surface area (Å²) in [5.41, 5.74) is -0.414. The van der Waals surface area contributed by atoms with Gasteiger partial charge in [0.2, 0.25) is 0 Å². The summed E-state index contributed by atoms with van der Waals surface area (Å²) >= 11 is 0. The molecule has 2 saturated heterocycles. The highest BCUT2D eigenvalue weighted by atomic mass is 16.2. The summed E-state index contributed by atoms with van der Waals surface area (Å²) < 4.78 is 0. The van der Waals surface area contributed by atoms with E-state index in [-0.39, 0.29) is 5.91 Å². The van der Waals surface area contributed by atoms with Gasteiger partial charge in [0.1, 0.15) is 5.54 Å². The molecule has 1 spiro atoms. The average molecular weight is 196 g/mol. The van der Waals surface area contributed by atoms with E-state index >= 15 is 0 Å². The van der Waals surface area contributed by atoms with Crippen LogP contribution in [0.1, 0.15) is 13.3 Å². The van der Waals surface area contributed by atoms with Gasteiger partial charge >= 0.3 is 0 Å². The largest absolute Gasteiger partial charge is 0.341 e. The van der Waals surface area contributed by atoms with Crippen molar-refractivity contribution in [2.45, 2.75) is 18.9 Å². The van der Waals surface area contributed by atoms with Crippen LogP contribution < -0.4 is 10.6 Å². The normalized spacial score (nSPS) is 35.3. The lowest BCUT2D eigenvalue weighted by Crippen LogP contribution is -2.48. The molecule has 1 unspecified atom stereocenters. The molecule has 0 aromatic heterocycles. The monoisotopic (exact) mass is 196 g/mol. The SMILES string of the molecule is CCN=C1NC(=O)C2(CCN(C)C2)N1. The minimum Gasteiger partial charge on any atom is -0.341 e. The number of carbonyl (C=O) groups excluding carboxylic acids is 1. The van der Waals surface area contributed by atoms with Crippen LogP contribution >= 0.6 is 0 Å². The predicted molar refractivity (Wildman–Crippen MR) is 54.1 cm³/mol. The van der Waals surface area contributed by atoms with Crippen LogP contribution in [0.4, 0.5) is 0 Å². The molecule has 0 bridgehead atoms. The van der Waals surface area contributed by atoms with Crippen LogP contribution in [0.3, 0.4) is 0 Å². The van der Waals surface area contributed by atoms with Crippen molar-refractivity contribution in [3.63, 3.8) is 0 Å². The molecule has 0 aromatic carbocycles. The van der Waals surface area contributed by atoms with Crippen molar-refractivity contribution in [3.8, 4) is 0 Å². The van der Waals surface area contributed by atoms with Crippen molar-refractivity contribution in [2.24, 2.45) is 4.99 Å². The van der Waals surface area contributed by atoms with Crippen molar-refractivity contribution in [2.75, 3.05) is 26.7 Å². The highest BCUT2D eigenvalue weighted by molar-refractivity contribution is 6.09. The van der Waals surface area contributed by atoms with Crippen molar-refractivity contribution in [3.05, 3.63) is 0 Å². The Morgan fingerprint density at radius 2 is 2.43 bits per heavy atom. The minimum absolute atomic E-state index is 0.0639. The molecule has 2 N–H and O–H groups in total. The van der Waals surface area contributed by atoms with Crippen LogP contribution in [-0.2, 0) is 4.79 Å². The summed E-state index contributed by atoms with van der Waals surface area (Å²) in [6.45, 7) is 4.36. The first-order valence-corrected chi connectivity index (χ1v) is 4.99. The molecule has 0 aliphatic carbocycles. The second-order valence-corrected chi connectivity index (χ2v) is 3.97. The third-order valence-electron chi connectivity index (χ3n) is 2.80. The third-order valence-corrected chi connectivity index (χ3v) is 2.80. The third kappa shape index (κ3) is 1.37. The number of hydrogen-bond acceptors (Lipinski definition) is 3. The first kappa shape index (κ1) is 9.45. The van der Waals surface area contributed by atoms with Gasteiger partial charge in [-0.25, -0.2) is 0 Å². The molecule has 1 atom stereocenters. The summed E-state index contributed by atoms with van der Waals surface area (Å²) in [6, 6.07) is 0. The van der Waals surface area contributed by atoms with Gasteiger partial charge in [-0.05, 0) is 20.4 Å². The summed E-state index contributed by atoms with van der Waals surface area (Å²) in [5, 5.41) is 5.98. The van der Waals surface area contributed by atoms with Crippen LogP contribution in [0.2, 0.25) is 0 Å². The van der Waals surface area contributed by atoms with Gasteiger partial charge in [0.15, 0.2) is 5.96 Å². The molecule has 2 fully saturated rings. The Hall–Kier alpha value is -1.10. The van der Waals surface area contributed by atoms with E-state index in [1.54, 1.807) is 0 Å². The van der Waals surface area contributed by atoms with E-state index in [0.717, 1.165) is 19.5 Å². The molecule has 2 rings (SSSR count). The molecule has 78 valence electrons. The molecule has 2 aliphatic heterocycles. The van der Waals surface area contributed by atoms with Crippen molar-refractivity contribution in [1.29, 1.82) is 0 Å². The summed E-state index contributed by atoms with van der Waals surface area (Å²) in [7, 11) is 2.03. The lowest BCUT2D eigenvalue weighted by molar-refractivity contribution is -0.123. The number of hydrogen-bond donors (Lipinski definition) is 2. The van der Waals surface area contributed by atoms with Gasteiger partial charge in [-0.2, -0.15) is 0 Å². The van der Waals surface area contributed by atoms with E-state index in [9.17, 15) is 4.79 Å².